The number of anilines is 2. The summed E-state index contributed by atoms with van der Waals surface area (Å²) in [5, 5.41) is 5.78. The van der Waals surface area contributed by atoms with Gasteiger partial charge in [0.25, 0.3) is 5.91 Å². The van der Waals surface area contributed by atoms with E-state index in [0.717, 1.165) is 10.0 Å². The van der Waals surface area contributed by atoms with Gasteiger partial charge in [-0.05, 0) is 35.9 Å². The molecule has 0 saturated heterocycles. The molecule has 2 N–H and O–H groups in total. The smallest absolute Gasteiger partial charge is 0.262 e. The van der Waals surface area contributed by atoms with Crippen LogP contribution in [-0.2, 0) is 11.3 Å². The highest BCUT2D eigenvalue weighted by molar-refractivity contribution is 9.10. The maximum atomic E-state index is 13.6. The summed E-state index contributed by atoms with van der Waals surface area (Å²) >= 11 is 3.31. The summed E-state index contributed by atoms with van der Waals surface area (Å²) in [6, 6.07) is 10.2. The van der Waals surface area contributed by atoms with E-state index in [4.69, 9.17) is 4.74 Å². The number of rotatable bonds is 3. The van der Waals surface area contributed by atoms with Gasteiger partial charge in [-0.2, -0.15) is 0 Å². The molecule has 1 aliphatic rings. The van der Waals surface area contributed by atoms with E-state index in [1.807, 2.05) is 12.1 Å². The lowest BCUT2D eigenvalue weighted by Crippen LogP contribution is -2.25. The second-order valence-electron chi connectivity index (χ2n) is 4.65. The molecule has 0 radical (unpaired) electrons. The van der Waals surface area contributed by atoms with Crippen molar-refractivity contribution in [2.45, 2.75) is 6.54 Å². The van der Waals surface area contributed by atoms with Gasteiger partial charge in [0.05, 0.1) is 11.4 Å². The van der Waals surface area contributed by atoms with Crippen molar-refractivity contribution in [3.8, 4) is 5.75 Å². The van der Waals surface area contributed by atoms with E-state index < -0.39 is 0 Å². The maximum Gasteiger partial charge on any atom is 0.262 e. The molecule has 1 aliphatic heterocycles. The number of halogens is 2. The Balaban J connectivity index is 1.75. The average molecular weight is 351 g/mol. The van der Waals surface area contributed by atoms with Crippen molar-refractivity contribution in [3.63, 3.8) is 0 Å². The molecule has 0 saturated carbocycles. The normalized spacial score (nSPS) is 13.1. The molecule has 108 valence electrons. The minimum atomic E-state index is -0.312. The zero-order valence-corrected chi connectivity index (χ0v) is 12.5. The number of fused-ring (bicyclic) bond motifs is 1. The van der Waals surface area contributed by atoms with Gasteiger partial charge < -0.3 is 15.4 Å². The molecular formula is C15H12BrFN2O2. The summed E-state index contributed by atoms with van der Waals surface area (Å²) in [5.74, 6) is 0.158. The van der Waals surface area contributed by atoms with Crippen LogP contribution in [0.15, 0.2) is 40.9 Å². The Labute approximate surface area is 129 Å². The molecule has 6 heteroatoms. The summed E-state index contributed by atoms with van der Waals surface area (Å²) in [6.07, 6.45) is 0. The minimum Gasteiger partial charge on any atom is -0.482 e. The Morgan fingerprint density at radius 2 is 2.14 bits per heavy atom. The number of hydrogen-bond acceptors (Lipinski definition) is 3. The Morgan fingerprint density at radius 3 is 3.00 bits per heavy atom. The Morgan fingerprint density at radius 1 is 1.29 bits per heavy atom. The molecule has 21 heavy (non-hydrogen) atoms. The van der Waals surface area contributed by atoms with Crippen LogP contribution < -0.4 is 15.4 Å². The lowest BCUT2D eigenvalue weighted by molar-refractivity contribution is -0.118. The number of benzene rings is 2. The average Bonchev–Trinajstić information content (AvgIpc) is 2.47. The fourth-order valence-corrected chi connectivity index (χ4v) is 2.43. The maximum absolute atomic E-state index is 13.6. The van der Waals surface area contributed by atoms with Gasteiger partial charge in [-0.1, -0.05) is 22.0 Å². The molecule has 0 bridgehead atoms. The Kier molecular flexibility index (Phi) is 3.79. The number of amides is 1. The second-order valence-corrected chi connectivity index (χ2v) is 5.56. The molecule has 4 nitrogen and oxygen atoms in total. The van der Waals surface area contributed by atoms with Crippen LogP contribution in [0.2, 0.25) is 0 Å². The van der Waals surface area contributed by atoms with Crippen LogP contribution in [-0.4, -0.2) is 12.5 Å². The lowest BCUT2D eigenvalue weighted by atomic mass is 10.1. The van der Waals surface area contributed by atoms with Crippen LogP contribution in [0.1, 0.15) is 5.56 Å². The van der Waals surface area contributed by atoms with E-state index in [0.29, 0.717) is 23.7 Å². The van der Waals surface area contributed by atoms with Gasteiger partial charge in [0.2, 0.25) is 0 Å². The van der Waals surface area contributed by atoms with Crippen molar-refractivity contribution in [2.75, 3.05) is 17.2 Å². The summed E-state index contributed by atoms with van der Waals surface area (Å²) in [6.45, 7) is 0.477. The highest BCUT2D eigenvalue weighted by Gasteiger charge is 2.15. The number of nitrogens with one attached hydrogen (secondary N) is 2. The first-order valence-electron chi connectivity index (χ1n) is 6.36. The predicted molar refractivity (Wildman–Crippen MR) is 82.0 cm³/mol. The third-order valence-corrected chi connectivity index (χ3v) is 3.58. The first-order chi connectivity index (χ1) is 10.1. The van der Waals surface area contributed by atoms with Crippen LogP contribution in [0.4, 0.5) is 15.8 Å². The number of carbonyl (C=O) groups is 1. The highest BCUT2D eigenvalue weighted by atomic mass is 79.9. The van der Waals surface area contributed by atoms with Gasteiger partial charge in [-0.3, -0.25) is 4.79 Å². The molecular weight excluding hydrogens is 339 g/mol. The van der Waals surface area contributed by atoms with Crippen molar-refractivity contribution >= 4 is 33.2 Å². The zero-order valence-electron chi connectivity index (χ0n) is 11.0. The van der Waals surface area contributed by atoms with E-state index >= 15 is 0 Å². The first kappa shape index (κ1) is 13.9. The molecule has 3 rings (SSSR count). The number of carbonyl (C=O) groups excluding carboxylic acids is 1. The standard InChI is InChI=1S/C15H12BrFN2O2/c16-10-2-3-11(17)12(6-10)18-7-9-1-4-14-13(5-9)19-15(20)8-21-14/h1-6,18H,7-8H2,(H,19,20). The fraction of sp³-hybridized carbons (Fsp3) is 0.133. The van der Waals surface area contributed by atoms with Gasteiger partial charge in [-0.25, -0.2) is 4.39 Å². The molecule has 0 atom stereocenters. The van der Waals surface area contributed by atoms with E-state index in [9.17, 15) is 9.18 Å². The van der Waals surface area contributed by atoms with Gasteiger partial charge in [0.1, 0.15) is 11.6 Å². The van der Waals surface area contributed by atoms with Gasteiger partial charge in [-0.15, -0.1) is 0 Å². The quantitative estimate of drug-likeness (QED) is 0.890. The second kappa shape index (κ2) is 5.73. The van der Waals surface area contributed by atoms with E-state index in [1.54, 1.807) is 18.2 Å². The van der Waals surface area contributed by atoms with Crippen LogP contribution >= 0.6 is 15.9 Å². The van der Waals surface area contributed by atoms with Crippen molar-refractivity contribution < 1.29 is 13.9 Å². The van der Waals surface area contributed by atoms with Gasteiger partial charge >= 0.3 is 0 Å². The lowest BCUT2D eigenvalue weighted by Gasteiger charge is -2.18. The van der Waals surface area contributed by atoms with Gasteiger partial charge in [0, 0.05) is 11.0 Å². The molecule has 0 aromatic heterocycles. The number of ether oxygens (including phenoxy) is 1. The van der Waals surface area contributed by atoms with E-state index in [1.165, 1.54) is 6.07 Å². The summed E-state index contributed by atoms with van der Waals surface area (Å²) in [4.78, 5) is 11.3. The van der Waals surface area contributed by atoms with Crippen molar-refractivity contribution in [1.29, 1.82) is 0 Å². The SMILES string of the molecule is O=C1COc2ccc(CNc3cc(Br)ccc3F)cc2N1. The molecule has 1 amide bonds. The van der Waals surface area contributed by atoms with E-state index in [-0.39, 0.29) is 18.3 Å². The summed E-state index contributed by atoms with van der Waals surface area (Å²) < 4.78 is 19.7. The fourth-order valence-electron chi connectivity index (χ4n) is 2.07. The molecule has 2 aromatic carbocycles. The third kappa shape index (κ3) is 3.16. The topological polar surface area (TPSA) is 50.4 Å². The largest absolute Gasteiger partial charge is 0.482 e. The Bertz CT molecular complexity index is 706. The van der Waals surface area contributed by atoms with Crippen molar-refractivity contribution in [3.05, 3.63) is 52.3 Å². The summed E-state index contributed by atoms with van der Waals surface area (Å²) in [7, 11) is 0. The minimum absolute atomic E-state index is 0.0356. The van der Waals surface area contributed by atoms with Crippen molar-refractivity contribution in [1.82, 2.24) is 0 Å². The molecule has 0 aliphatic carbocycles. The monoisotopic (exact) mass is 350 g/mol. The van der Waals surface area contributed by atoms with E-state index in [2.05, 4.69) is 26.6 Å². The van der Waals surface area contributed by atoms with Crippen LogP contribution in [0, 0.1) is 5.82 Å². The Hall–Kier alpha value is -2.08. The summed E-state index contributed by atoms with van der Waals surface area (Å²) in [5.41, 5.74) is 1.97. The molecule has 0 fully saturated rings. The van der Waals surface area contributed by atoms with Crippen LogP contribution in [0.5, 0.6) is 5.75 Å². The van der Waals surface area contributed by atoms with Crippen LogP contribution in [0.25, 0.3) is 0 Å². The molecule has 0 spiro atoms. The predicted octanol–water partition coefficient (Wildman–Crippen LogP) is 3.53. The van der Waals surface area contributed by atoms with Gasteiger partial charge in [0.15, 0.2) is 6.61 Å². The van der Waals surface area contributed by atoms with Crippen LogP contribution in [0.3, 0.4) is 0 Å². The highest BCUT2D eigenvalue weighted by Crippen LogP contribution is 2.29. The molecule has 0 unspecified atom stereocenters. The molecule has 2 aromatic rings. The number of hydrogen-bond donors (Lipinski definition) is 2. The van der Waals surface area contributed by atoms with Crippen molar-refractivity contribution in [2.24, 2.45) is 0 Å². The zero-order chi connectivity index (χ0) is 14.8. The first-order valence-corrected chi connectivity index (χ1v) is 7.15. The molecule has 1 heterocycles. The third-order valence-electron chi connectivity index (χ3n) is 3.09.